The first-order chi connectivity index (χ1) is 10.1. The molecule has 1 aromatic carbocycles. The lowest BCUT2D eigenvalue weighted by atomic mass is 10.2. The summed E-state index contributed by atoms with van der Waals surface area (Å²) in [6, 6.07) is 8.45. The Hall–Kier alpha value is -0.910. The Bertz CT molecular complexity index is 565. The molecular formula is C16H22BrN3S. The van der Waals surface area contributed by atoms with Crippen molar-refractivity contribution >= 4 is 32.4 Å². The van der Waals surface area contributed by atoms with Crippen molar-refractivity contribution < 1.29 is 0 Å². The van der Waals surface area contributed by atoms with Gasteiger partial charge in [-0.25, -0.2) is 4.98 Å². The minimum Gasteiger partial charge on any atom is -0.347 e. The Kier molecular flexibility index (Phi) is 6.21. The normalized spacial score (nSPS) is 10.9. The first-order valence-corrected chi connectivity index (χ1v) is 8.83. The maximum absolute atomic E-state index is 4.70. The van der Waals surface area contributed by atoms with Crippen LogP contribution in [0.4, 0.5) is 5.13 Å². The summed E-state index contributed by atoms with van der Waals surface area (Å²) in [5.41, 5.74) is 2.43. The highest BCUT2D eigenvalue weighted by Crippen LogP contribution is 2.26. The zero-order valence-corrected chi connectivity index (χ0v) is 15.2. The Morgan fingerprint density at radius 1 is 1.29 bits per heavy atom. The third-order valence-electron chi connectivity index (χ3n) is 3.25. The average Bonchev–Trinajstić information content (AvgIpc) is 2.83. The average molecular weight is 368 g/mol. The Morgan fingerprint density at radius 2 is 2.00 bits per heavy atom. The van der Waals surface area contributed by atoms with Gasteiger partial charge in [0.05, 0.1) is 5.69 Å². The van der Waals surface area contributed by atoms with Crippen molar-refractivity contribution in [2.75, 3.05) is 18.5 Å². The molecule has 0 unspecified atom stereocenters. The minimum atomic E-state index is 0.877. The summed E-state index contributed by atoms with van der Waals surface area (Å²) in [6.07, 6.45) is 1.16. The number of thiazole rings is 1. The van der Waals surface area contributed by atoms with Gasteiger partial charge in [0.2, 0.25) is 0 Å². The predicted octanol–water partition coefficient (Wildman–Crippen LogP) is 4.35. The summed E-state index contributed by atoms with van der Waals surface area (Å²) in [6.45, 7) is 7.13. The topological polar surface area (TPSA) is 28.2 Å². The Balaban J connectivity index is 2.00. The number of nitrogens with one attached hydrogen (secondary N) is 1. The Labute approximate surface area is 139 Å². The van der Waals surface area contributed by atoms with Gasteiger partial charge in [-0.3, -0.25) is 0 Å². The van der Waals surface area contributed by atoms with E-state index in [0.29, 0.717) is 0 Å². The van der Waals surface area contributed by atoms with Gasteiger partial charge in [-0.05, 0) is 37.6 Å². The number of aromatic nitrogens is 1. The molecule has 1 N–H and O–H groups in total. The molecule has 0 fully saturated rings. The van der Waals surface area contributed by atoms with E-state index in [2.05, 4.69) is 71.3 Å². The molecule has 0 radical (unpaired) electrons. The maximum atomic E-state index is 4.70. The predicted molar refractivity (Wildman–Crippen MR) is 95.1 cm³/mol. The van der Waals surface area contributed by atoms with Crippen LogP contribution in [0.2, 0.25) is 0 Å². The van der Waals surface area contributed by atoms with E-state index >= 15 is 0 Å². The van der Waals surface area contributed by atoms with Gasteiger partial charge >= 0.3 is 0 Å². The fourth-order valence-electron chi connectivity index (χ4n) is 2.05. The van der Waals surface area contributed by atoms with E-state index in [0.717, 1.165) is 41.4 Å². The van der Waals surface area contributed by atoms with Crippen LogP contribution >= 0.6 is 27.3 Å². The molecule has 0 aliphatic rings. The van der Waals surface area contributed by atoms with Crippen molar-refractivity contribution in [3.63, 3.8) is 0 Å². The van der Waals surface area contributed by atoms with Crippen LogP contribution in [0.15, 0.2) is 28.7 Å². The van der Waals surface area contributed by atoms with Gasteiger partial charge in [-0.15, -0.1) is 11.3 Å². The summed E-state index contributed by atoms with van der Waals surface area (Å²) in [5.74, 6) is 0. The first-order valence-electron chi connectivity index (χ1n) is 7.22. The molecular weight excluding hydrogens is 346 g/mol. The van der Waals surface area contributed by atoms with Crippen LogP contribution in [0.3, 0.4) is 0 Å². The van der Waals surface area contributed by atoms with Crippen molar-refractivity contribution in [1.82, 2.24) is 10.3 Å². The second kappa shape index (κ2) is 7.92. The van der Waals surface area contributed by atoms with E-state index in [9.17, 15) is 0 Å². The second-order valence-corrected chi connectivity index (χ2v) is 7.14. The van der Waals surface area contributed by atoms with Gasteiger partial charge in [0.15, 0.2) is 5.13 Å². The first kappa shape index (κ1) is 16.5. The van der Waals surface area contributed by atoms with E-state index in [-0.39, 0.29) is 0 Å². The molecule has 0 amide bonds. The van der Waals surface area contributed by atoms with Gasteiger partial charge in [0, 0.05) is 29.5 Å². The van der Waals surface area contributed by atoms with Gasteiger partial charge in [-0.2, -0.15) is 0 Å². The quantitative estimate of drug-likeness (QED) is 0.737. The molecule has 1 aromatic heterocycles. The molecule has 21 heavy (non-hydrogen) atoms. The molecule has 0 atom stereocenters. The smallest absolute Gasteiger partial charge is 0.185 e. The van der Waals surface area contributed by atoms with Gasteiger partial charge in [0.1, 0.15) is 0 Å². The number of nitrogens with zero attached hydrogens (tertiary/aromatic N) is 2. The molecule has 1 heterocycles. The zero-order valence-electron chi connectivity index (χ0n) is 12.8. The van der Waals surface area contributed by atoms with E-state index in [1.165, 1.54) is 10.4 Å². The van der Waals surface area contributed by atoms with Crippen molar-refractivity contribution in [3.05, 3.63) is 44.9 Å². The van der Waals surface area contributed by atoms with Crippen LogP contribution in [0.1, 0.15) is 29.5 Å². The highest BCUT2D eigenvalue weighted by atomic mass is 79.9. The lowest BCUT2D eigenvalue weighted by Gasteiger charge is -2.15. The molecule has 3 nitrogen and oxygen atoms in total. The molecule has 0 saturated heterocycles. The fraction of sp³-hybridized carbons (Fsp3) is 0.438. The highest BCUT2D eigenvalue weighted by Gasteiger charge is 2.11. The van der Waals surface area contributed by atoms with Crippen LogP contribution < -0.4 is 10.2 Å². The summed E-state index contributed by atoms with van der Waals surface area (Å²) >= 11 is 5.25. The molecule has 0 bridgehead atoms. The van der Waals surface area contributed by atoms with Crippen LogP contribution in [-0.2, 0) is 13.1 Å². The lowest BCUT2D eigenvalue weighted by Crippen LogP contribution is -2.15. The van der Waals surface area contributed by atoms with E-state index in [4.69, 9.17) is 4.98 Å². The molecule has 5 heteroatoms. The van der Waals surface area contributed by atoms with E-state index in [1.807, 2.05) is 0 Å². The van der Waals surface area contributed by atoms with Crippen molar-refractivity contribution in [2.24, 2.45) is 0 Å². The lowest BCUT2D eigenvalue weighted by molar-refractivity contribution is 0.678. The number of hydrogen-bond acceptors (Lipinski definition) is 4. The number of aryl methyl sites for hydroxylation is 1. The summed E-state index contributed by atoms with van der Waals surface area (Å²) in [5, 5.41) is 4.53. The summed E-state index contributed by atoms with van der Waals surface area (Å²) < 4.78 is 1.11. The SMILES string of the molecule is CCCNCc1sc(N(C)Cc2ccc(Br)cc2)nc1C. The largest absolute Gasteiger partial charge is 0.347 e. The van der Waals surface area contributed by atoms with E-state index in [1.54, 1.807) is 11.3 Å². The molecule has 0 saturated carbocycles. The fourth-order valence-corrected chi connectivity index (χ4v) is 3.31. The third-order valence-corrected chi connectivity index (χ3v) is 5.05. The standard InChI is InChI=1S/C16H22BrN3S/c1-4-9-18-10-15-12(2)19-16(21-15)20(3)11-13-5-7-14(17)8-6-13/h5-8,18H,4,9-11H2,1-3H3. The van der Waals surface area contributed by atoms with Crippen LogP contribution in [0, 0.1) is 6.92 Å². The minimum absolute atomic E-state index is 0.877. The molecule has 0 aliphatic carbocycles. The number of anilines is 1. The van der Waals surface area contributed by atoms with Crippen molar-refractivity contribution in [2.45, 2.75) is 33.4 Å². The summed E-state index contributed by atoms with van der Waals surface area (Å²) in [4.78, 5) is 8.25. The maximum Gasteiger partial charge on any atom is 0.185 e. The van der Waals surface area contributed by atoms with Gasteiger partial charge in [-0.1, -0.05) is 35.0 Å². The molecule has 0 spiro atoms. The number of rotatable bonds is 7. The highest BCUT2D eigenvalue weighted by molar-refractivity contribution is 9.10. The molecule has 0 aliphatic heterocycles. The van der Waals surface area contributed by atoms with Crippen LogP contribution in [-0.4, -0.2) is 18.6 Å². The van der Waals surface area contributed by atoms with Crippen molar-refractivity contribution in [3.8, 4) is 0 Å². The summed E-state index contributed by atoms with van der Waals surface area (Å²) in [7, 11) is 2.10. The van der Waals surface area contributed by atoms with E-state index < -0.39 is 0 Å². The van der Waals surface area contributed by atoms with Crippen LogP contribution in [0.5, 0.6) is 0 Å². The van der Waals surface area contributed by atoms with Gasteiger partial charge < -0.3 is 10.2 Å². The third kappa shape index (κ3) is 4.80. The molecule has 2 aromatic rings. The number of halogens is 1. The zero-order chi connectivity index (χ0) is 15.2. The monoisotopic (exact) mass is 367 g/mol. The number of hydrogen-bond donors (Lipinski definition) is 1. The van der Waals surface area contributed by atoms with Crippen LogP contribution in [0.25, 0.3) is 0 Å². The Morgan fingerprint density at radius 3 is 2.67 bits per heavy atom. The molecule has 114 valence electrons. The van der Waals surface area contributed by atoms with Crippen molar-refractivity contribution in [1.29, 1.82) is 0 Å². The second-order valence-electron chi connectivity index (χ2n) is 5.16. The molecule has 2 rings (SSSR count). The van der Waals surface area contributed by atoms with Gasteiger partial charge in [0.25, 0.3) is 0 Å². The number of benzene rings is 1.